The Morgan fingerprint density at radius 2 is 1.00 bits per heavy atom. The molecule has 0 fully saturated rings. The van der Waals surface area contributed by atoms with Crippen molar-refractivity contribution in [1.82, 2.24) is 0 Å². The molecule has 0 spiro atoms. The number of hydrogen-bond acceptors (Lipinski definition) is 3. The van der Waals surface area contributed by atoms with Crippen molar-refractivity contribution in [2.24, 2.45) is 0 Å². The Hall–Kier alpha value is -1.22. The maximum atomic E-state index is 5.36. The maximum Gasteiger partial charge on any atom is 0.486 e. The van der Waals surface area contributed by atoms with E-state index in [0.29, 0.717) is 19.8 Å². The van der Waals surface area contributed by atoms with E-state index < -0.39 is 9.53 Å². The highest BCUT2D eigenvalue weighted by atomic mass is 28.3. The van der Waals surface area contributed by atoms with Gasteiger partial charge in [-0.1, -0.05) is 17.8 Å². The Bertz CT molecular complexity index is 289. The molecule has 0 N–H and O–H groups in total. The van der Waals surface area contributed by atoms with Gasteiger partial charge in [-0.15, -0.1) is 17.8 Å². The van der Waals surface area contributed by atoms with Crippen LogP contribution in [0.5, 0.6) is 0 Å². The van der Waals surface area contributed by atoms with Crippen LogP contribution in [0.15, 0.2) is 0 Å². The van der Waals surface area contributed by atoms with Crippen LogP contribution >= 0.6 is 0 Å². The van der Waals surface area contributed by atoms with Gasteiger partial charge in [-0.05, 0) is 20.8 Å². The van der Waals surface area contributed by atoms with Crippen LogP contribution in [0.1, 0.15) is 20.8 Å². The van der Waals surface area contributed by atoms with Gasteiger partial charge in [0.1, 0.15) is 0 Å². The quantitative estimate of drug-likeness (QED) is 0.505. The molecule has 0 radical (unpaired) electrons. The van der Waals surface area contributed by atoms with Crippen LogP contribution in [0.4, 0.5) is 0 Å². The third kappa shape index (κ3) is 9.34. The van der Waals surface area contributed by atoms with E-state index in [1.807, 2.05) is 0 Å². The van der Waals surface area contributed by atoms with Crippen molar-refractivity contribution >= 4 is 9.53 Å². The number of hydrogen-bond donors (Lipinski definition) is 0. The SMILES string of the molecule is CC#CCO[SiH](OCC#CC)OCC#CC. The van der Waals surface area contributed by atoms with Gasteiger partial charge < -0.3 is 13.3 Å². The van der Waals surface area contributed by atoms with Crippen molar-refractivity contribution in [3.05, 3.63) is 0 Å². The summed E-state index contributed by atoms with van der Waals surface area (Å²) in [5.41, 5.74) is 0. The van der Waals surface area contributed by atoms with Gasteiger partial charge in [-0.2, -0.15) is 0 Å². The van der Waals surface area contributed by atoms with E-state index in [0.717, 1.165) is 0 Å². The summed E-state index contributed by atoms with van der Waals surface area (Å²) in [6.45, 7) is 6.25. The smallest absolute Gasteiger partial charge is 0.364 e. The molecule has 0 saturated carbocycles. The fourth-order valence-corrected chi connectivity index (χ4v) is 1.64. The Morgan fingerprint density at radius 3 is 1.25 bits per heavy atom. The van der Waals surface area contributed by atoms with Gasteiger partial charge >= 0.3 is 9.53 Å². The van der Waals surface area contributed by atoms with Crippen LogP contribution in [0.25, 0.3) is 0 Å². The lowest BCUT2D eigenvalue weighted by molar-refractivity contribution is 0.128. The normalized spacial score (nSPS) is 8.25. The van der Waals surface area contributed by atoms with Crippen LogP contribution in [-0.2, 0) is 13.3 Å². The first-order valence-electron chi connectivity index (χ1n) is 4.88. The Labute approximate surface area is 99.4 Å². The molecule has 0 aromatic rings. The Morgan fingerprint density at radius 1 is 0.688 bits per heavy atom. The summed E-state index contributed by atoms with van der Waals surface area (Å²) >= 11 is 0. The van der Waals surface area contributed by atoms with E-state index in [9.17, 15) is 0 Å². The summed E-state index contributed by atoms with van der Waals surface area (Å²) in [6.07, 6.45) is 0. The highest BCUT2D eigenvalue weighted by molar-refractivity contribution is 6.36. The van der Waals surface area contributed by atoms with Gasteiger partial charge in [0.15, 0.2) is 0 Å². The van der Waals surface area contributed by atoms with Crippen molar-refractivity contribution < 1.29 is 13.3 Å². The van der Waals surface area contributed by atoms with Crippen molar-refractivity contribution in [2.45, 2.75) is 20.8 Å². The van der Waals surface area contributed by atoms with E-state index in [2.05, 4.69) is 35.5 Å². The van der Waals surface area contributed by atoms with Crippen LogP contribution in [0, 0.1) is 35.5 Å². The predicted molar refractivity (Wildman–Crippen MR) is 65.4 cm³/mol. The molecule has 0 amide bonds. The van der Waals surface area contributed by atoms with E-state index >= 15 is 0 Å². The second-order valence-electron chi connectivity index (χ2n) is 2.50. The lowest BCUT2D eigenvalue weighted by atomic mass is 10.6. The fourth-order valence-electron chi connectivity index (χ4n) is 0.690. The molecule has 0 aromatic carbocycles. The molecule has 4 heteroatoms. The van der Waals surface area contributed by atoms with Crippen LogP contribution < -0.4 is 0 Å². The van der Waals surface area contributed by atoms with Gasteiger partial charge in [0, 0.05) is 0 Å². The summed E-state index contributed by atoms with van der Waals surface area (Å²) in [6, 6.07) is 0. The summed E-state index contributed by atoms with van der Waals surface area (Å²) in [7, 11) is -2.14. The third-order valence-electron chi connectivity index (χ3n) is 1.41. The van der Waals surface area contributed by atoms with E-state index in [1.54, 1.807) is 20.8 Å². The molecular formula is C12H16O3Si. The average Bonchev–Trinajstić information content (AvgIpc) is 2.29. The summed E-state index contributed by atoms with van der Waals surface area (Å²) < 4.78 is 16.1. The van der Waals surface area contributed by atoms with Crippen molar-refractivity contribution in [3.8, 4) is 35.5 Å². The molecule has 0 aliphatic carbocycles. The standard InChI is InChI=1S/C12H16O3Si/c1-4-7-10-13-16(14-11-8-5-2)15-12-9-6-3/h16H,10-12H2,1-3H3. The van der Waals surface area contributed by atoms with Crippen LogP contribution in [0.3, 0.4) is 0 Å². The first kappa shape index (κ1) is 14.8. The molecule has 3 nitrogen and oxygen atoms in total. The highest BCUT2D eigenvalue weighted by Gasteiger charge is 2.13. The van der Waals surface area contributed by atoms with Crippen molar-refractivity contribution in [2.75, 3.05) is 19.8 Å². The molecule has 16 heavy (non-hydrogen) atoms. The first-order valence-corrected chi connectivity index (χ1v) is 6.30. The summed E-state index contributed by atoms with van der Waals surface area (Å²) in [5, 5.41) is 0. The molecular weight excluding hydrogens is 220 g/mol. The van der Waals surface area contributed by atoms with Crippen LogP contribution in [-0.4, -0.2) is 29.3 Å². The van der Waals surface area contributed by atoms with Gasteiger partial charge in [0.25, 0.3) is 0 Å². The lowest BCUT2D eigenvalue weighted by Crippen LogP contribution is -2.28. The third-order valence-corrected chi connectivity index (χ3v) is 2.72. The van der Waals surface area contributed by atoms with Crippen molar-refractivity contribution in [1.29, 1.82) is 0 Å². The molecule has 86 valence electrons. The Balaban J connectivity index is 3.93. The molecule has 0 aliphatic heterocycles. The zero-order valence-electron chi connectivity index (χ0n) is 9.92. The molecule has 0 rings (SSSR count). The fraction of sp³-hybridized carbons (Fsp3) is 0.500. The molecule has 0 bridgehead atoms. The van der Waals surface area contributed by atoms with E-state index in [1.165, 1.54) is 0 Å². The zero-order valence-corrected chi connectivity index (χ0v) is 11.1. The zero-order chi connectivity index (χ0) is 12.1. The highest BCUT2D eigenvalue weighted by Crippen LogP contribution is 1.91. The molecule has 0 unspecified atom stereocenters. The van der Waals surface area contributed by atoms with E-state index in [-0.39, 0.29) is 0 Å². The molecule has 0 aromatic heterocycles. The largest absolute Gasteiger partial charge is 0.486 e. The second kappa shape index (κ2) is 11.8. The minimum absolute atomic E-state index is 0.326. The first-order chi connectivity index (χ1) is 7.85. The van der Waals surface area contributed by atoms with Gasteiger partial charge in [0.2, 0.25) is 0 Å². The van der Waals surface area contributed by atoms with Gasteiger partial charge in [-0.25, -0.2) is 0 Å². The average molecular weight is 236 g/mol. The molecule has 0 saturated heterocycles. The lowest BCUT2D eigenvalue weighted by Gasteiger charge is -2.12. The van der Waals surface area contributed by atoms with E-state index in [4.69, 9.17) is 13.3 Å². The molecule has 0 atom stereocenters. The molecule has 0 heterocycles. The minimum atomic E-state index is -2.14. The second-order valence-corrected chi connectivity index (χ2v) is 4.08. The van der Waals surface area contributed by atoms with Crippen molar-refractivity contribution in [3.63, 3.8) is 0 Å². The monoisotopic (exact) mass is 236 g/mol. The summed E-state index contributed by atoms with van der Waals surface area (Å²) in [5.74, 6) is 16.6. The van der Waals surface area contributed by atoms with Gasteiger partial charge in [-0.3, -0.25) is 0 Å². The minimum Gasteiger partial charge on any atom is -0.364 e. The Kier molecular flexibility index (Phi) is 10.9. The summed E-state index contributed by atoms with van der Waals surface area (Å²) in [4.78, 5) is 0. The van der Waals surface area contributed by atoms with Gasteiger partial charge in [0.05, 0.1) is 19.8 Å². The maximum absolute atomic E-state index is 5.36. The van der Waals surface area contributed by atoms with Crippen LogP contribution in [0.2, 0.25) is 0 Å². The number of rotatable bonds is 6. The topological polar surface area (TPSA) is 27.7 Å². The molecule has 0 aliphatic rings. The predicted octanol–water partition coefficient (Wildman–Crippen LogP) is 0.823.